The van der Waals surface area contributed by atoms with Crippen molar-refractivity contribution in [1.29, 1.82) is 0 Å². The van der Waals surface area contributed by atoms with Crippen LogP contribution in [0.15, 0.2) is 29.7 Å². The molecule has 0 saturated carbocycles. The van der Waals surface area contributed by atoms with Gasteiger partial charge >= 0.3 is 0 Å². The van der Waals surface area contributed by atoms with Crippen molar-refractivity contribution >= 4 is 6.21 Å². The van der Waals surface area contributed by atoms with E-state index >= 15 is 0 Å². The predicted molar refractivity (Wildman–Crippen MR) is 47.2 cm³/mol. The van der Waals surface area contributed by atoms with Crippen molar-refractivity contribution in [3.05, 3.63) is 24.6 Å². The van der Waals surface area contributed by atoms with Crippen molar-refractivity contribution in [2.75, 3.05) is 20.6 Å². The maximum absolute atomic E-state index is 4.10. The first kappa shape index (κ1) is 7.85. The number of likely N-dealkylation sites (N-methyl/N-ethyl adjacent to an activating group) is 1. The van der Waals surface area contributed by atoms with Crippen LogP contribution < -0.4 is 0 Å². The zero-order chi connectivity index (χ0) is 8.27. The minimum Gasteiger partial charge on any atom is -0.357 e. The maximum Gasteiger partial charge on any atom is 0.117 e. The monoisotopic (exact) mass is 151 g/mol. The molecular formula is C8H13N3. The van der Waals surface area contributed by atoms with Crippen LogP contribution in [-0.4, -0.2) is 36.8 Å². The van der Waals surface area contributed by atoms with Crippen molar-refractivity contribution in [3.8, 4) is 0 Å². The van der Waals surface area contributed by atoms with Crippen LogP contribution in [0, 0.1) is 0 Å². The minimum atomic E-state index is 0.884. The van der Waals surface area contributed by atoms with E-state index in [4.69, 9.17) is 0 Å². The first-order valence-electron chi connectivity index (χ1n) is 3.54. The molecule has 0 bridgehead atoms. The SMILES string of the molecule is C=C1N(C)CC=CC=NN1C. The molecule has 1 heterocycles. The van der Waals surface area contributed by atoms with Crippen LogP contribution in [0.25, 0.3) is 0 Å². The van der Waals surface area contributed by atoms with Gasteiger partial charge in [0, 0.05) is 26.9 Å². The fraction of sp³-hybridized carbons (Fsp3) is 0.375. The Labute approximate surface area is 67.3 Å². The molecule has 0 N–H and O–H groups in total. The molecule has 0 aromatic heterocycles. The van der Waals surface area contributed by atoms with Crippen molar-refractivity contribution in [3.63, 3.8) is 0 Å². The number of hydrazone groups is 1. The number of nitrogens with zero attached hydrogens (tertiary/aromatic N) is 3. The lowest BCUT2D eigenvalue weighted by Crippen LogP contribution is -2.27. The van der Waals surface area contributed by atoms with Crippen LogP contribution >= 0.6 is 0 Å². The molecule has 1 aliphatic heterocycles. The van der Waals surface area contributed by atoms with Gasteiger partial charge in [0.25, 0.3) is 0 Å². The molecule has 0 radical (unpaired) electrons. The molecule has 0 aromatic rings. The lowest BCUT2D eigenvalue weighted by Gasteiger charge is -2.26. The zero-order valence-corrected chi connectivity index (χ0v) is 6.99. The number of hydrogen-bond acceptors (Lipinski definition) is 3. The lowest BCUT2D eigenvalue weighted by atomic mass is 10.4. The molecule has 0 amide bonds. The molecule has 0 fully saturated rings. The van der Waals surface area contributed by atoms with E-state index in [-0.39, 0.29) is 0 Å². The van der Waals surface area contributed by atoms with E-state index in [2.05, 4.69) is 11.7 Å². The van der Waals surface area contributed by atoms with E-state index in [0.717, 1.165) is 12.4 Å². The summed E-state index contributed by atoms with van der Waals surface area (Å²) in [5.41, 5.74) is 0. The highest BCUT2D eigenvalue weighted by Gasteiger charge is 2.04. The predicted octanol–water partition coefficient (Wildman–Crippen LogP) is 0.877. The maximum atomic E-state index is 4.10. The van der Waals surface area contributed by atoms with Gasteiger partial charge in [-0.1, -0.05) is 12.7 Å². The molecule has 0 unspecified atom stereocenters. The van der Waals surface area contributed by atoms with Gasteiger partial charge in [-0.15, -0.1) is 0 Å². The van der Waals surface area contributed by atoms with E-state index in [0.29, 0.717) is 0 Å². The van der Waals surface area contributed by atoms with Gasteiger partial charge in [-0.25, -0.2) is 0 Å². The van der Waals surface area contributed by atoms with Crippen molar-refractivity contribution < 1.29 is 0 Å². The average molecular weight is 151 g/mol. The second-order valence-electron chi connectivity index (χ2n) is 2.51. The summed E-state index contributed by atoms with van der Waals surface area (Å²) in [6, 6.07) is 0. The summed E-state index contributed by atoms with van der Waals surface area (Å²) < 4.78 is 0. The molecular weight excluding hydrogens is 138 g/mol. The van der Waals surface area contributed by atoms with E-state index in [1.54, 1.807) is 11.2 Å². The molecule has 1 rings (SSSR count). The Morgan fingerprint density at radius 1 is 1.55 bits per heavy atom. The normalized spacial score (nSPS) is 18.5. The molecule has 0 atom stereocenters. The van der Waals surface area contributed by atoms with Crippen LogP contribution in [0.2, 0.25) is 0 Å². The zero-order valence-electron chi connectivity index (χ0n) is 6.99. The third kappa shape index (κ3) is 1.83. The third-order valence-electron chi connectivity index (χ3n) is 1.66. The molecule has 0 aromatic carbocycles. The van der Waals surface area contributed by atoms with Crippen molar-refractivity contribution in [2.45, 2.75) is 0 Å². The van der Waals surface area contributed by atoms with E-state index < -0.39 is 0 Å². The Morgan fingerprint density at radius 3 is 3.00 bits per heavy atom. The summed E-state index contributed by atoms with van der Waals surface area (Å²) in [6.07, 6.45) is 5.74. The molecule has 60 valence electrons. The minimum absolute atomic E-state index is 0.884. The molecule has 3 nitrogen and oxygen atoms in total. The third-order valence-corrected chi connectivity index (χ3v) is 1.66. The Bertz CT molecular complexity index is 205. The van der Waals surface area contributed by atoms with Crippen LogP contribution in [-0.2, 0) is 0 Å². The summed E-state index contributed by atoms with van der Waals surface area (Å²) in [6.45, 7) is 4.77. The van der Waals surface area contributed by atoms with Gasteiger partial charge in [-0.2, -0.15) is 5.10 Å². The highest BCUT2D eigenvalue weighted by Crippen LogP contribution is 2.04. The van der Waals surface area contributed by atoms with Crippen LogP contribution in [0.4, 0.5) is 0 Å². The standard InChI is InChI=1S/C8H13N3/c1-8-10(2)7-5-4-6-9-11(8)3/h4-6H,1,7H2,2-3H3. The molecule has 1 aliphatic rings. The summed E-state index contributed by atoms with van der Waals surface area (Å²) in [5.74, 6) is 0.908. The summed E-state index contributed by atoms with van der Waals surface area (Å²) >= 11 is 0. The molecule has 0 aliphatic carbocycles. The van der Waals surface area contributed by atoms with E-state index in [9.17, 15) is 0 Å². The van der Waals surface area contributed by atoms with Crippen LogP contribution in [0.5, 0.6) is 0 Å². The molecule has 3 heteroatoms. The van der Waals surface area contributed by atoms with Crippen molar-refractivity contribution in [1.82, 2.24) is 9.91 Å². The first-order valence-corrected chi connectivity index (χ1v) is 3.54. The second kappa shape index (κ2) is 3.23. The molecule has 0 saturated heterocycles. The van der Waals surface area contributed by atoms with Gasteiger partial charge in [0.1, 0.15) is 5.82 Å². The van der Waals surface area contributed by atoms with Crippen molar-refractivity contribution in [2.24, 2.45) is 5.10 Å². The van der Waals surface area contributed by atoms with Gasteiger partial charge in [0.05, 0.1) is 0 Å². The quantitative estimate of drug-likeness (QED) is 0.511. The fourth-order valence-corrected chi connectivity index (χ4v) is 0.837. The summed E-state index contributed by atoms with van der Waals surface area (Å²) in [4.78, 5) is 2.03. The first-order chi connectivity index (χ1) is 5.22. The Morgan fingerprint density at radius 2 is 2.27 bits per heavy atom. The Kier molecular flexibility index (Phi) is 2.31. The van der Waals surface area contributed by atoms with E-state index in [1.165, 1.54) is 0 Å². The van der Waals surface area contributed by atoms with Gasteiger partial charge < -0.3 is 4.90 Å². The smallest absolute Gasteiger partial charge is 0.117 e. The second-order valence-corrected chi connectivity index (χ2v) is 2.51. The van der Waals surface area contributed by atoms with Gasteiger partial charge in [-0.3, -0.25) is 5.01 Å². The highest BCUT2D eigenvalue weighted by molar-refractivity contribution is 5.70. The van der Waals surface area contributed by atoms with Gasteiger partial charge in [0.2, 0.25) is 0 Å². The van der Waals surface area contributed by atoms with Gasteiger partial charge in [-0.05, 0) is 6.08 Å². The number of allylic oxidation sites excluding steroid dienone is 1. The van der Waals surface area contributed by atoms with Gasteiger partial charge in [0.15, 0.2) is 0 Å². The lowest BCUT2D eigenvalue weighted by molar-refractivity contribution is 0.295. The summed E-state index contributed by atoms with van der Waals surface area (Å²) in [5, 5.41) is 5.85. The Hall–Kier alpha value is -1.25. The summed E-state index contributed by atoms with van der Waals surface area (Å²) in [7, 11) is 3.87. The number of rotatable bonds is 0. The Balaban J connectivity index is 2.75. The van der Waals surface area contributed by atoms with E-state index in [1.807, 2.05) is 31.1 Å². The molecule has 0 spiro atoms. The topological polar surface area (TPSA) is 18.8 Å². The number of hydrogen-bond donors (Lipinski definition) is 0. The average Bonchev–Trinajstić information content (AvgIpc) is 2.00. The fourth-order valence-electron chi connectivity index (χ4n) is 0.837. The highest BCUT2D eigenvalue weighted by atomic mass is 15.5. The largest absolute Gasteiger partial charge is 0.357 e. The van der Waals surface area contributed by atoms with Crippen LogP contribution in [0.3, 0.4) is 0 Å². The van der Waals surface area contributed by atoms with Crippen LogP contribution in [0.1, 0.15) is 0 Å². The molecule has 11 heavy (non-hydrogen) atoms.